The highest BCUT2D eigenvalue weighted by atomic mass is 32.2. The van der Waals surface area contributed by atoms with Crippen molar-refractivity contribution in [1.29, 1.82) is 0 Å². The molecule has 2 heterocycles. The molecule has 0 saturated carbocycles. The summed E-state index contributed by atoms with van der Waals surface area (Å²) in [4.78, 5) is 30.3. The molecule has 0 aliphatic rings. The molecule has 31 heavy (non-hydrogen) atoms. The molecule has 4 aromatic rings. The molecular weight excluding hydrogens is 421 g/mol. The summed E-state index contributed by atoms with van der Waals surface area (Å²) in [6.07, 6.45) is 2.96. The van der Waals surface area contributed by atoms with Crippen LogP contribution in [-0.2, 0) is 11.3 Å². The molecular formula is C21H18FN5O3S. The Bertz CT molecular complexity index is 1320. The minimum atomic E-state index is -0.468. The summed E-state index contributed by atoms with van der Waals surface area (Å²) in [6.45, 7) is 1.62. The molecule has 0 aliphatic carbocycles. The van der Waals surface area contributed by atoms with Gasteiger partial charge in [-0.2, -0.15) is 0 Å². The van der Waals surface area contributed by atoms with Gasteiger partial charge in [0.25, 0.3) is 0 Å². The highest BCUT2D eigenvalue weighted by molar-refractivity contribution is 7.99. The second kappa shape index (κ2) is 8.60. The van der Waals surface area contributed by atoms with Gasteiger partial charge in [-0.15, -0.1) is 5.10 Å². The Morgan fingerprint density at radius 1 is 1.23 bits per heavy atom. The topological polar surface area (TPSA) is 90.5 Å². The SMILES string of the molecule is COc1ccc(C)cc1NC(=O)Cn1nc2c(Sc3ccc(F)cc3)nccn2c1=O. The van der Waals surface area contributed by atoms with Crippen LogP contribution in [0.5, 0.6) is 5.75 Å². The van der Waals surface area contributed by atoms with Crippen molar-refractivity contribution in [3.05, 3.63) is 76.7 Å². The fourth-order valence-corrected chi connectivity index (χ4v) is 3.80. The van der Waals surface area contributed by atoms with E-state index in [-0.39, 0.29) is 12.4 Å². The van der Waals surface area contributed by atoms with E-state index in [2.05, 4.69) is 15.4 Å². The minimum absolute atomic E-state index is 0.279. The molecule has 2 aromatic heterocycles. The maximum Gasteiger partial charge on any atom is 0.350 e. The number of nitrogens with zero attached hydrogens (tertiary/aromatic N) is 4. The second-order valence-corrected chi connectivity index (χ2v) is 7.74. The first kappa shape index (κ1) is 20.6. The third-order valence-corrected chi connectivity index (χ3v) is 5.41. The summed E-state index contributed by atoms with van der Waals surface area (Å²) in [5.74, 6) is -0.245. The fourth-order valence-electron chi connectivity index (χ4n) is 2.96. The first-order chi connectivity index (χ1) is 14.9. The van der Waals surface area contributed by atoms with Gasteiger partial charge in [-0.25, -0.2) is 23.3 Å². The summed E-state index contributed by atoms with van der Waals surface area (Å²) < 4.78 is 20.8. The third-order valence-electron chi connectivity index (χ3n) is 4.42. The van der Waals surface area contributed by atoms with Crippen molar-refractivity contribution in [2.24, 2.45) is 0 Å². The van der Waals surface area contributed by atoms with E-state index in [1.807, 2.05) is 13.0 Å². The molecule has 1 N–H and O–H groups in total. The lowest BCUT2D eigenvalue weighted by molar-refractivity contribution is -0.117. The Hall–Kier alpha value is -3.66. The van der Waals surface area contributed by atoms with Crippen molar-refractivity contribution in [1.82, 2.24) is 19.2 Å². The average Bonchev–Trinajstić information content (AvgIpc) is 3.06. The Morgan fingerprint density at radius 2 is 2.00 bits per heavy atom. The summed E-state index contributed by atoms with van der Waals surface area (Å²) in [5.41, 5.74) is 1.31. The molecule has 0 unspecified atom stereocenters. The number of ether oxygens (including phenoxy) is 1. The average molecular weight is 439 g/mol. The zero-order valence-corrected chi connectivity index (χ0v) is 17.5. The number of aryl methyl sites for hydroxylation is 1. The predicted molar refractivity (Wildman–Crippen MR) is 114 cm³/mol. The van der Waals surface area contributed by atoms with Crippen molar-refractivity contribution in [2.45, 2.75) is 23.4 Å². The van der Waals surface area contributed by atoms with Crippen LogP contribution in [0.1, 0.15) is 5.56 Å². The number of benzene rings is 2. The van der Waals surface area contributed by atoms with Crippen LogP contribution >= 0.6 is 11.8 Å². The lowest BCUT2D eigenvalue weighted by Gasteiger charge is -2.10. The first-order valence-corrected chi connectivity index (χ1v) is 10.1. The molecule has 8 nitrogen and oxygen atoms in total. The number of rotatable bonds is 6. The van der Waals surface area contributed by atoms with Crippen LogP contribution in [-0.4, -0.2) is 32.2 Å². The van der Waals surface area contributed by atoms with Crippen LogP contribution in [0, 0.1) is 12.7 Å². The molecule has 0 saturated heterocycles. The standard InChI is InChI=1S/C21H18FN5O3S/c1-13-3-8-17(30-2)16(11-13)24-18(28)12-27-21(29)26-10-9-23-20(19(26)25-27)31-15-6-4-14(22)5-7-15/h3-11H,12H2,1-2H3,(H,24,28). The molecule has 0 radical (unpaired) electrons. The molecule has 0 aliphatic heterocycles. The van der Waals surface area contributed by atoms with Crippen molar-refractivity contribution in [2.75, 3.05) is 12.4 Å². The smallest absolute Gasteiger partial charge is 0.350 e. The molecule has 0 spiro atoms. The lowest BCUT2D eigenvalue weighted by atomic mass is 10.2. The number of nitrogens with one attached hydrogen (secondary N) is 1. The van der Waals surface area contributed by atoms with Crippen molar-refractivity contribution in [3.63, 3.8) is 0 Å². The number of fused-ring (bicyclic) bond motifs is 1. The number of aromatic nitrogens is 4. The molecule has 158 valence electrons. The maximum absolute atomic E-state index is 13.2. The number of carbonyl (C=O) groups excluding carboxylic acids is 1. The number of carbonyl (C=O) groups is 1. The van der Waals surface area contributed by atoms with E-state index in [0.29, 0.717) is 22.1 Å². The predicted octanol–water partition coefficient (Wildman–Crippen LogP) is 3.14. The van der Waals surface area contributed by atoms with E-state index in [0.717, 1.165) is 15.1 Å². The minimum Gasteiger partial charge on any atom is -0.495 e. The van der Waals surface area contributed by atoms with Crippen LogP contribution in [0.2, 0.25) is 0 Å². The van der Waals surface area contributed by atoms with Crippen LogP contribution in [0.15, 0.2) is 69.6 Å². The highest BCUT2D eigenvalue weighted by Crippen LogP contribution is 2.28. The van der Waals surface area contributed by atoms with Crippen LogP contribution < -0.4 is 15.7 Å². The second-order valence-electron chi connectivity index (χ2n) is 6.67. The molecule has 2 aromatic carbocycles. The quantitative estimate of drug-likeness (QED) is 0.496. The summed E-state index contributed by atoms with van der Waals surface area (Å²) in [6, 6.07) is 11.3. The Morgan fingerprint density at radius 3 is 2.74 bits per heavy atom. The van der Waals surface area contributed by atoms with Crippen LogP contribution in [0.3, 0.4) is 0 Å². The van der Waals surface area contributed by atoms with E-state index in [9.17, 15) is 14.0 Å². The van der Waals surface area contributed by atoms with Gasteiger partial charge in [0.05, 0.1) is 12.8 Å². The van der Waals surface area contributed by atoms with Gasteiger partial charge in [-0.05, 0) is 48.9 Å². The summed E-state index contributed by atoms with van der Waals surface area (Å²) >= 11 is 1.25. The van der Waals surface area contributed by atoms with E-state index in [1.54, 1.807) is 24.3 Å². The number of anilines is 1. The molecule has 0 bridgehead atoms. The number of amides is 1. The number of halogens is 1. The number of hydrogen-bond donors (Lipinski definition) is 1. The largest absolute Gasteiger partial charge is 0.495 e. The first-order valence-electron chi connectivity index (χ1n) is 9.26. The van der Waals surface area contributed by atoms with Crippen molar-refractivity contribution < 1.29 is 13.9 Å². The van der Waals surface area contributed by atoms with Gasteiger partial charge in [0.2, 0.25) is 5.91 Å². The fraction of sp³-hybridized carbons (Fsp3) is 0.143. The molecule has 0 atom stereocenters. The summed E-state index contributed by atoms with van der Waals surface area (Å²) in [7, 11) is 1.51. The van der Waals surface area contributed by atoms with Gasteiger partial charge in [-0.3, -0.25) is 4.79 Å². The zero-order chi connectivity index (χ0) is 22.0. The van der Waals surface area contributed by atoms with Crippen LogP contribution in [0.25, 0.3) is 5.65 Å². The van der Waals surface area contributed by atoms with E-state index in [1.165, 1.54) is 47.8 Å². The van der Waals surface area contributed by atoms with Crippen molar-refractivity contribution >= 4 is 29.0 Å². The monoisotopic (exact) mass is 439 g/mol. The van der Waals surface area contributed by atoms with Crippen molar-refractivity contribution in [3.8, 4) is 5.75 Å². The molecule has 0 fully saturated rings. The molecule has 10 heteroatoms. The summed E-state index contributed by atoms with van der Waals surface area (Å²) in [5, 5.41) is 7.50. The Labute approximate surface area is 180 Å². The Kier molecular flexibility index (Phi) is 5.72. The molecule has 1 amide bonds. The van der Waals surface area contributed by atoms with Gasteiger partial charge < -0.3 is 10.1 Å². The normalized spacial score (nSPS) is 10.9. The van der Waals surface area contributed by atoms with E-state index < -0.39 is 11.6 Å². The maximum atomic E-state index is 13.2. The van der Waals surface area contributed by atoms with E-state index in [4.69, 9.17) is 4.74 Å². The number of methoxy groups -OCH3 is 1. The van der Waals surface area contributed by atoms with Gasteiger partial charge in [0.15, 0.2) is 5.65 Å². The zero-order valence-electron chi connectivity index (χ0n) is 16.7. The molecule has 4 rings (SSSR count). The highest BCUT2D eigenvalue weighted by Gasteiger charge is 2.16. The number of hydrogen-bond acceptors (Lipinski definition) is 6. The van der Waals surface area contributed by atoms with Gasteiger partial charge >= 0.3 is 5.69 Å². The Balaban J connectivity index is 1.59. The van der Waals surface area contributed by atoms with Gasteiger partial charge in [0, 0.05) is 17.3 Å². The van der Waals surface area contributed by atoms with Gasteiger partial charge in [-0.1, -0.05) is 17.8 Å². The van der Waals surface area contributed by atoms with E-state index >= 15 is 0 Å². The van der Waals surface area contributed by atoms with Gasteiger partial charge in [0.1, 0.15) is 23.1 Å². The lowest BCUT2D eigenvalue weighted by Crippen LogP contribution is -2.28. The third kappa shape index (κ3) is 4.43. The van der Waals surface area contributed by atoms with Crippen LogP contribution in [0.4, 0.5) is 10.1 Å².